The molecule has 90 valence electrons. The lowest BCUT2D eigenvalue weighted by molar-refractivity contribution is 0.695. The Hall–Kier alpha value is -0.650. The van der Waals surface area contributed by atoms with E-state index in [4.69, 9.17) is 11.6 Å². The van der Waals surface area contributed by atoms with Crippen molar-refractivity contribution in [1.82, 2.24) is 9.55 Å². The summed E-state index contributed by atoms with van der Waals surface area (Å²) < 4.78 is 3.24. The highest BCUT2D eigenvalue weighted by Crippen LogP contribution is 2.23. The van der Waals surface area contributed by atoms with Gasteiger partial charge in [-0.05, 0) is 41.9 Å². The van der Waals surface area contributed by atoms with Gasteiger partial charge in [-0.1, -0.05) is 11.6 Å². The molecule has 17 heavy (non-hydrogen) atoms. The van der Waals surface area contributed by atoms with Crippen LogP contribution in [0.25, 0.3) is 0 Å². The van der Waals surface area contributed by atoms with Crippen LogP contribution in [0.2, 0.25) is 4.34 Å². The Morgan fingerprint density at radius 2 is 2.18 bits per heavy atom. The van der Waals surface area contributed by atoms with Crippen molar-refractivity contribution in [3.8, 4) is 0 Å². The fourth-order valence-corrected chi connectivity index (χ4v) is 2.93. The summed E-state index contributed by atoms with van der Waals surface area (Å²) in [5, 5.41) is 0. The van der Waals surface area contributed by atoms with E-state index >= 15 is 0 Å². The molecule has 0 amide bonds. The van der Waals surface area contributed by atoms with Crippen LogP contribution in [0.4, 0.5) is 0 Å². The molecule has 0 fully saturated rings. The number of nitrogens with zero attached hydrogens (tertiary/aromatic N) is 2. The molecule has 0 atom stereocenters. The van der Waals surface area contributed by atoms with E-state index in [9.17, 15) is 4.79 Å². The van der Waals surface area contributed by atoms with Gasteiger partial charge in [0.15, 0.2) is 0 Å². The summed E-state index contributed by atoms with van der Waals surface area (Å²) in [6.07, 6.45) is 0. The molecule has 0 aliphatic rings. The first-order valence-electron chi connectivity index (χ1n) is 4.97. The Morgan fingerprint density at radius 3 is 2.76 bits per heavy atom. The minimum atomic E-state index is -0.229. The van der Waals surface area contributed by atoms with Crippen LogP contribution in [-0.4, -0.2) is 9.55 Å². The monoisotopic (exact) mass is 332 g/mol. The first-order chi connectivity index (χ1) is 7.99. The van der Waals surface area contributed by atoms with Gasteiger partial charge in [-0.25, -0.2) is 4.79 Å². The summed E-state index contributed by atoms with van der Waals surface area (Å²) in [6, 6.07) is 3.76. The average molecular weight is 334 g/mol. The number of hydrogen-bond acceptors (Lipinski definition) is 3. The summed E-state index contributed by atoms with van der Waals surface area (Å²) in [7, 11) is 0. The second-order valence-corrected chi connectivity index (χ2v) is 6.26. The quantitative estimate of drug-likeness (QED) is 0.844. The Kier molecular flexibility index (Phi) is 3.70. The van der Waals surface area contributed by atoms with Crippen LogP contribution < -0.4 is 5.69 Å². The van der Waals surface area contributed by atoms with Crippen molar-refractivity contribution in [3.05, 3.63) is 47.7 Å². The van der Waals surface area contributed by atoms with Gasteiger partial charge < -0.3 is 0 Å². The molecule has 0 bridgehead atoms. The third-order valence-corrected chi connectivity index (χ3v) is 4.84. The number of aromatic nitrogens is 2. The van der Waals surface area contributed by atoms with Gasteiger partial charge in [0.05, 0.1) is 21.0 Å². The third-order valence-electron chi connectivity index (χ3n) is 2.48. The lowest BCUT2D eigenvalue weighted by Crippen LogP contribution is -2.26. The zero-order chi connectivity index (χ0) is 12.6. The van der Waals surface area contributed by atoms with E-state index < -0.39 is 0 Å². The maximum Gasteiger partial charge on any atom is 0.348 e. The van der Waals surface area contributed by atoms with Crippen molar-refractivity contribution in [3.63, 3.8) is 0 Å². The van der Waals surface area contributed by atoms with Crippen molar-refractivity contribution in [2.45, 2.75) is 20.4 Å². The summed E-state index contributed by atoms with van der Waals surface area (Å²) in [5.41, 5.74) is 1.37. The van der Waals surface area contributed by atoms with E-state index in [1.54, 1.807) is 4.57 Å². The predicted molar refractivity (Wildman–Crippen MR) is 74.1 cm³/mol. The largest absolute Gasteiger partial charge is 0.348 e. The smallest absolute Gasteiger partial charge is 0.290 e. The molecular weight excluding hydrogens is 324 g/mol. The molecule has 0 N–H and O–H groups in total. The molecular formula is C11H10BrClN2OS. The molecule has 6 heteroatoms. The van der Waals surface area contributed by atoms with E-state index in [1.807, 2.05) is 26.0 Å². The molecule has 2 aromatic rings. The minimum Gasteiger partial charge on any atom is -0.290 e. The Labute approximate surface area is 116 Å². The van der Waals surface area contributed by atoms with Gasteiger partial charge in [0.2, 0.25) is 0 Å². The summed E-state index contributed by atoms with van der Waals surface area (Å²) in [4.78, 5) is 16.8. The van der Waals surface area contributed by atoms with Gasteiger partial charge in [0, 0.05) is 10.6 Å². The first-order valence-corrected chi connectivity index (χ1v) is 6.95. The van der Waals surface area contributed by atoms with Gasteiger partial charge in [-0.2, -0.15) is 4.98 Å². The second-order valence-electron chi connectivity index (χ2n) is 3.67. The van der Waals surface area contributed by atoms with Gasteiger partial charge in [0.25, 0.3) is 0 Å². The maximum absolute atomic E-state index is 11.8. The highest BCUT2D eigenvalue weighted by molar-refractivity contribution is 9.10. The van der Waals surface area contributed by atoms with Crippen LogP contribution in [-0.2, 0) is 6.54 Å². The standard InChI is InChI=1S/C11H10BrClN2OS/c1-6-10(12)7(2)15(11(16)14-6)5-8-3-4-9(13)17-8/h3-4H,5H2,1-2H3. The number of hydrogen-bond donors (Lipinski definition) is 0. The molecule has 2 heterocycles. The van der Waals surface area contributed by atoms with Crippen molar-refractivity contribution in [2.75, 3.05) is 0 Å². The van der Waals surface area contributed by atoms with E-state index in [0.29, 0.717) is 12.2 Å². The fraction of sp³-hybridized carbons (Fsp3) is 0.273. The zero-order valence-corrected chi connectivity index (χ0v) is 12.5. The minimum absolute atomic E-state index is 0.229. The number of rotatable bonds is 2. The van der Waals surface area contributed by atoms with Crippen molar-refractivity contribution in [1.29, 1.82) is 0 Å². The van der Waals surface area contributed by atoms with Crippen molar-refractivity contribution in [2.24, 2.45) is 0 Å². The fourth-order valence-electron chi connectivity index (χ4n) is 1.56. The molecule has 0 saturated carbocycles. The van der Waals surface area contributed by atoms with Gasteiger partial charge in [-0.15, -0.1) is 11.3 Å². The van der Waals surface area contributed by atoms with Crippen LogP contribution in [0, 0.1) is 13.8 Å². The van der Waals surface area contributed by atoms with Crippen LogP contribution >= 0.6 is 38.9 Å². The molecule has 0 aliphatic heterocycles. The summed E-state index contributed by atoms with van der Waals surface area (Å²) in [5.74, 6) is 0. The SMILES string of the molecule is Cc1nc(=O)n(Cc2ccc(Cl)s2)c(C)c1Br. The highest BCUT2D eigenvalue weighted by atomic mass is 79.9. The molecule has 0 aromatic carbocycles. The van der Waals surface area contributed by atoms with Gasteiger partial charge >= 0.3 is 5.69 Å². The molecule has 0 radical (unpaired) electrons. The molecule has 0 aliphatic carbocycles. The maximum atomic E-state index is 11.8. The van der Waals surface area contributed by atoms with Crippen LogP contribution in [0.15, 0.2) is 21.4 Å². The topological polar surface area (TPSA) is 34.9 Å². The molecule has 0 unspecified atom stereocenters. The van der Waals surface area contributed by atoms with Crippen LogP contribution in [0.5, 0.6) is 0 Å². The van der Waals surface area contributed by atoms with Gasteiger partial charge in [0.1, 0.15) is 0 Å². The highest BCUT2D eigenvalue weighted by Gasteiger charge is 2.10. The molecule has 3 nitrogen and oxygen atoms in total. The molecule has 2 aromatic heterocycles. The normalized spacial score (nSPS) is 10.8. The van der Waals surface area contributed by atoms with Gasteiger partial charge in [-0.3, -0.25) is 4.57 Å². The molecule has 0 spiro atoms. The van der Waals surface area contributed by atoms with E-state index in [1.165, 1.54) is 11.3 Å². The third kappa shape index (κ3) is 2.61. The first kappa shape index (κ1) is 12.8. The van der Waals surface area contributed by atoms with Crippen molar-refractivity contribution < 1.29 is 0 Å². The van der Waals surface area contributed by atoms with Crippen LogP contribution in [0.1, 0.15) is 16.3 Å². The van der Waals surface area contributed by atoms with E-state index in [2.05, 4.69) is 20.9 Å². The predicted octanol–water partition coefficient (Wildman–Crippen LogP) is 3.39. The summed E-state index contributed by atoms with van der Waals surface area (Å²) in [6.45, 7) is 4.22. The zero-order valence-electron chi connectivity index (χ0n) is 9.33. The lowest BCUT2D eigenvalue weighted by Gasteiger charge is -2.10. The Bertz CT molecular complexity index is 620. The van der Waals surface area contributed by atoms with Crippen molar-refractivity contribution >= 4 is 38.9 Å². The summed E-state index contributed by atoms with van der Waals surface area (Å²) >= 11 is 10.8. The molecule has 0 saturated heterocycles. The lowest BCUT2D eigenvalue weighted by atomic mass is 10.3. The van der Waals surface area contributed by atoms with E-state index in [0.717, 1.165) is 19.4 Å². The average Bonchev–Trinajstić information content (AvgIpc) is 2.67. The number of halogens is 2. The Morgan fingerprint density at radius 1 is 1.47 bits per heavy atom. The number of aryl methyl sites for hydroxylation is 1. The molecule has 2 rings (SSSR count). The number of thiophene rings is 1. The Balaban J connectivity index is 2.46. The van der Waals surface area contributed by atoms with E-state index in [-0.39, 0.29) is 5.69 Å². The van der Waals surface area contributed by atoms with Crippen LogP contribution in [0.3, 0.4) is 0 Å². The second kappa shape index (κ2) is 4.92.